The second kappa shape index (κ2) is 6.01. The van der Waals surface area contributed by atoms with Crippen molar-refractivity contribution in [2.45, 2.75) is 83.7 Å². The van der Waals surface area contributed by atoms with Gasteiger partial charge < -0.3 is 13.9 Å². The van der Waals surface area contributed by atoms with Crippen LogP contribution < -0.4 is 5.46 Å². The van der Waals surface area contributed by atoms with E-state index in [4.69, 9.17) is 9.31 Å². The molecule has 1 aromatic carbocycles. The number of imidazole rings is 1. The Morgan fingerprint density at radius 2 is 1.74 bits per heavy atom. The number of benzene rings is 1. The molecule has 0 radical (unpaired) electrons. The van der Waals surface area contributed by atoms with Gasteiger partial charge in [-0.05, 0) is 72.0 Å². The van der Waals surface area contributed by atoms with Gasteiger partial charge in [0.15, 0.2) is 5.82 Å². The number of hydrogen-bond donors (Lipinski definition) is 0. The van der Waals surface area contributed by atoms with Crippen LogP contribution in [0, 0.1) is 5.82 Å². The molecule has 4 nitrogen and oxygen atoms in total. The fraction of sp³-hybridized carbons (Fsp3) is 0.650. The number of rotatable bonds is 3. The summed E-state index contributed by atoms with van der Waals surface area (Å²) in [5, 5.41) is 0. The lowest BCUT2D eigenvalue weighted by Gasteiger charge is -2.32. The molecule has 1 aliphatic carbocycles. The van der Waals surface area contributed by atoms with Crippen molar-refractivity contribution in [1.82, 2.24) is 9.55 Å². The molecule has 0 spiro atoms. The van der Waals surface area contributed by atoms with E-state index in [1.165, 1.54) is 6.07 Å². The number of nitrogens with zero attached hydrogens (tertiary/aromatic N) is 2. The summed E-state index contributed by atoms with van der Waals surface area (Å²) in [6.45, 7) is 12.0. The number of aromatic nitrogens is 2. The lowest BCUT2D eigenvalue weighted by atomic mass is 9.79. The van der Waals surface area contributed by atoms with Gasteiger partial charge in [0.2, 0.25) is 0 Å². The van der Waals surface area contributed by atoms with Crippen LogP contribution in [0.3, 0.4) is 0 Å². The maximum absolute atomic E-state index is 14.9. The minimum Gasteiger partial charge on any atom is -0.399 e. The normalized spacial score (nSPS) is 26.8. The van der Waals surface area contributed by atoms with Crippen molar-refractivity contribution in [3.05, 3.63) is 23.8 Å². The van der Waals surface area contributed by atoms with E-state index in [1.807, 2.05) is 52.2 Å². The molecule has 0 amide bonds. The van der Waals surface area contributed by atoms with Crippen molar-refractivity contribution >= 4 is 23.6 Å². The zero-order valence-electron chi connectivity index (χ0n) is 16.8. The first-order valence-corrected chi connectivity index (χ1v) is 9.71. The highest BCUT2D eigenvalue weighted by atomic mass is 19.1. The molecule has 1 aromatic heterocycles. The van der Waals surface area contributed by atoms with E-state index >= 15 is 0 Å². The van der Waals surface area contributed by atoms with Crippen LogP contribution in [-0.2, 0) is 9.31 Å². The van der Waals surface area contributed by atoms with Gasteiger partial charge in [0.25, 0.3) is 0 Å². The quantitative estimate of drug-likeness (QED) is 0.751. The Labute approximate surface area is 159 Å². The fourth-order valence-electron chi connectivity index (χ4n) is 3.90. The highest BCUT2D eigenvalue weighted by molar-refractivity contribution is 6.62. The molecule has 0 bridgehead atoms. The summed E-state index contributed by atoms with van der Waals surface area (Å²) in [4.78, 5) is 4.55. The average molecular weight is 376 g/mol. The topological polar surface area (TPSA) is 36.3 Å². The molecule has 0 unspecified atom stereocenters. The molecule has 0 atom stereocenters. The lowest BCUT2D eigenvalue weighted by molar-refractivity contribution is 0.00578. The molecule has 1 saturated carbocycles. The highest BCUT2D eigenvalue weighted by Gasteiger charge is 2.52. The van der Waals surface area contributed by atoms with Crippen molar-refractivity contribution in [2.75, 3.05) is 0 Å². The SMILES string of the molecule is CC(C)n1c(C2CC(F)C2)nc2c(F)cc(B3OC(C)(C)C(C)(C)O3)cc21. The van der Waals surface area contributed by atoms with Crippen LogP contribution in [0.5, 0.6) is 0 Å². The molecule has 2 heterocycles. The Morgan fingerprint density at radius 3 is 2.26 bits per heavy atom. The summed E-state index contributed by atoms with van der Waals surface area (Å²) in [6.07, 6.45) is 0.143. The van der Waals surface area contributed by atoms with Gasteiger partial charge in [0, 0.05) is 12.0 Å². The number of hydrogen-bond acceptors (Lipinski definition) is 3. The van der Waals surface area contributed by atoms with Gasteiger partial charge in [-0.15, -0.1) is 0 Å². The third-order valence-electron chi connectivity index (χ3n) is 6.29. The zero-order chi connectivity index (χ0) is 19.7. The van der Waals surface area contributed by atoms with Crippen LogP contribution in [0.1, 0.15) is 72.2 Å². The van der Waals surface area contributed by atoms with Crippen molar-refractivity contribution in [2.24, 2.45) is 0 Å². The van der Waals surface area contributed by atoms with E-state index in [-0.39, 0.29) is 12.0 Å². The molecule has 1 aliphatic heterocycles. The van der Waals surface area contributed by atoms with E-state index in [1.54, 1.807) is 0 Å². The number of alkyl halides is 1. The van der Waals surface area contributed by atoms with E-state index in [0.29, 0.717) is 29.3 Å². The van der Waals surface area contributed by atoms with Gasteiger partial charge >= 0.3 is 7.12 Å². The van der Waals surface area contributed by atoms with Crippen LogP contribution >= 0.6 is 0 Å². The minimum absolute atomic E-state index is 0.0505. The second-order valence-corrected chi connectivity index (χ2v) is 9.16. The Balaban J connectivity index is 1.80. The highest BCUT2D eigenvalue weighted by Crippen LogP contribution is 2.41. The molecule has 1 saturated heterocycles. The monoisotopic (exact) mass is 376 g/mol. The maximum atomic E-state index is 14.9. The average Bonchev–Trinajstić information content (AvgIpc) is 2.99. The van der Waals surface area contributed by atoms with Crippen molar-refractivity contribution in [3.8, 4) is 0 Å². The third kappa shape index (κ3) is 2.90. The molecular formula is C20H27BF2N2O2. The fourth-order valence-corrected chi connectivity index (χ4v) is 3.90. The van der Waals surface area contributed by atoms with Gasteiger partial charge in [0.1, 0.15) is 17.5 Å². The van der Waals surface area contributed by atoms with Crippen LogP contribution in [0.25, 0.3) is 11.0 Å². The molecular weight excluding hydrogens is 349 g/mol. The molecule has 2 aromatic rings. The van der Waals surface area contributed by atoms with E-state index in [0.717, 1.165) is 5.82 Å². The van der Waals surface area contributed by atoms with Gasteiger partial charge in [-0.3, -0.25) is 0 Å². The lowest BCUT2D eigenvalue weighted by Crippen LogP contribution is -2.41. The summed E-state index contributed by atoms with van der Waals surface area (Å²) >= 11 is 0. The first-order chi connectivity index (χ1) is 12.5. The van der Waals surface area contributed by atoms with E-state index in [2.05, 4.69) is 4.98 Å². The Morgan fingerprint density at radius 1 is 1.15 bits per heavy atom. The van der Waals surface area contributed by atoms with Crippen LogP contribution in [-0.4, -0.2) is 34.0 Å². The van der Waals surface area contributed by atoms with Crippen molar-refractivity contribution in [3.63, 3.8) is 0 Å². The van der Waals surface area contributed by atoms with Crippen molar-refractivity contribution in [1.29, 1.82) is 0 Å². The smallest absolute Gasteiger partial charge is 0.399 e. The van der Waals surface area contributed by atoms with Crippen molar-refractivity contribution < 1.29 is 18.1 Å². The largest absolute Gasteiger partial charge is 0.495 e. The van der Waals surface area contributed by atoms with Gasteiger partial charge in [0.05, 0.1) is 16.7 Å². The Kier molecular flexibility index (Phi) is 4.21. The summed E-state index contributed by atoms with van der Waals surface area (Å²) in [5.41, 5.74) is 0.709. The minimum atomic E-state index is -0.777. The van der Waals surface area contributed by atoms with E-state index in [9.17, 15) is 8.78 Å². The molecule has 2 aliphatic rings. The zero-order valence-corrected chi connectivity index (χ0v) is 16.8. The standard InChI is InChI=1S/C20H27BF2N2O2/c1-11(2)25-16-10-13(21-26-19(3,4)20(5,6)27-21)9-15(23)17(16)24-18(25)12-7-14(22)8-12/h9-12,14H,7-8H2,1-6H3. The molecule has 146 valence electrons. The summed E-state index contributed by atoms with van der Waals surface area (Å²) in [5.74, 6) is 0.433. The summed E-state index contributed by atoms with van der Waals surface area (Å²) < 4.78 is 42.5. The Bertz CT molecular complexity index is 872. The predicted molar refractivity (Wildman–Crippen MR) is 103 cm³/mol. The number of halogens is 2. The van der Waals surface area contributed by atoms with E-state index < -0.39 is 30.3 Å². The summed E-state index contributed by atoms with van der Waals surface area (Å²) in [6, 6.07) is 3.45. The first-order valence-electron chi connectivity index (χ1n) is 9.71. The predicted octanol–water partition coefficient (Wildman–Crippen LogP) is 4.27. The first kappa shape index (κ1) is 18.9. The van der Waals surface area contributed by atoms with Crippen LogP contribution in [0.15, 0.2) is 12.1 Å². The maximum Gasteiger partial charge on any atom is 0.495 e. The molecule has 7 heteroatoms. The van der Waals surface area contributed by atoms with Crippen LogP contribution in [0.2, 0.25) is 0 Å². The molecule has 27 heavy (non-hydrogen) atoms. The van der Waals surface area contributed by atoms with Gasteiger partial charge in [-0.1, -0.05) is 0 Å². The second-order valence-electron chi connectivity index (χ2n) is 9.16. The third-order valence-corrected chi connectivity index (χ3v) is 6.29. The molecule has 0 N–H and O–H groups in total. The number of fused-ring (bicyclic) bond motifs is 1. The molecule has 4 rings (SSSR count). The summed E-state index contributed by atoms with van der Waals surface area (Å²) in [7, 11) is -0.633. The Hall–Kier alpha value is -1.47. The molecule has 2 fully saturated rings. The van der Waals surface area contributed by atoms with Gasteiger partial charge in [-0.2, -0.15) is 0 Å². The van der Waals surface area contributed by atoms with Gasteiger partial charge in [-0.25, -0.2) is 13.8 Å². The van der Waals surface area contributed by atoms with Crippen LogP contribution in [0.4, 0.5) is 8.78 Å².